The van der Waals surface area contributed by atoms with Gasteiger partial charge in [0.25, 0.3) is 0 Å². The Hall–Kier alpha value is -1.47. The number of nitrogens with zero attached hydrogens (tertiary/aromatic N) is 1. The molecule has 1 fully saturated rings. The molecule has 1 heterocycles. The zero-order valence-electron chi connectivity index (χ0n) is 11.2. The number of ether oxygens (including phenoxy) is 1. The largest absolute Gasteiger partial charge is 0.481 e. The Morgan fingerprint density at radius 2 is 2.24 bits per heavy atom. The smallest absolute Gasteiger partial charge is 0.306 e. The minimum Gasteiger partial charge on any atom is -0.481 e. The van der Waals surface area contributed by atoms with E-state index in [0.717, 1.165) is 0 Å². The molecule has 1 aromatic rings. The molecule has 7 heteroatoms. The highest BCUT2D eigenvalue weighted by Gasteiger charge is 2.25. The normalized spacial score (nSPS) is 18.6. The molecule has 1 aliphatic heterocycles. The molecule has 1 aromatic carbocycles. The number of halogens is 2. The van der Waals surface area contributed by atoms with E-state index in [4.69, 9.17) is 9.84 Å². The summed E-state index contributed by atoms with van der Waals surface area (Å²) in [6.07, 6.45) is -0.525. The van der Waals surface area contributed by atoms with Gasteiger partial charge in [-0.25, -0.2) is 4.39 Å². The monoisotopic (exact) mass is 359 g/mol. The van der Waals surface area contributed by atoms with E-state index in [0.29, 0.717) is 23.2 Å². The number of morpholine rings is 1. The van der Waals surface area contributed by atoms with Gasteiger partial charge in [0.2, 0.25) is 5.91 Å². The first-order valence-electron chi connectivity index (χ1n) is 6.51. The quantitative estimate of drug-likeness (QED) is 0.890. The Kier molecular flexibility index (Phi) is 5.30. The van der Waals surface area contributed by atoms with Crippen LogP contribution in [0.25, 0.3) is 0 Å². The van der Waals surface area contributed by atoms with E-state index in [1.165, 1.54) is 6.07 Å². The van der Waals surface area contributed by atoms with Crippen LogP contribution in [0, 0.1) is 5.82 Å². The van der Waals surface area contributed by atoms with Gasteiger partial charge in [-0.1, -0.05) is 6.07 Å². The van der Waals surface area contributed by atoms with Gasteiger partial charge in [-0.3, -0.25) is 9.59 Å². The van der Waals surface area contributed by atoms with Crippen molar-refractivity contribution in [3.8, 4) is 0 Å². The molecule has 5 nitrogen and oxygen atoms in total. The van der Waals surface area contributed by atoms with Crippen LogP contribution in [0.15, 0.2) is 22.7 Å². The van der Waals surface area contributed by atoms with E-state index in [-0.39, 0.29) is 25.3 Å². The molecule has 0 spiro atoms. The molecule has 1 unspecified atom stereocenters. The topological polar surface area (TPSA) is 66.8 Å². The Labute approximate surface area is 129 Å². The van der Waals surface area contributed by atoms with Crippen LogP contribution in [-0.4, -0.2) is 47.7 Å². The summed E-state index contributed by atoms with van der Waals surface area (Å²) in [5.41, 5.74) is 0.585. The zero-order valence-corrected chi connectivity index (χ0v) is 12.8. The standard InChI is InChI=1S/C14H15BrFNO4/c15-11-2-1-9(5-12(11)16)6-13(18)17-3-4-21-10(8-17)7-14(19)20/h1-2,5,10H,3-4,6-8H2,(H,19,20). The van der Waals surface area contributed by atoms with E-state index in [1.54, 1.807) is 17.0 Å². The number of carbonyl (C=O) groups is 2. The summed E-state index contributed by atoms with van der Waals surface area (Å²) in [4.78, 5) is 24.4. The molecular formula is C14H15BrFNO4. The lowest BCUT2D eigenvalue weighted by Gasteiger charge is -2.32. The Morgan fingerprint density at radius 3 is 2.90 bits per heavy atom. The lowest BCUT2D eigenvalue weighted by atomic mass is 10.1. The van der Waals surface area contributed by atoms with E-state index in [1.807, 2.05) is 0 Å². The molecule has 0 aromatic heterocycles. The van der Waals surface area contributed by atoms with Crippen LogP contribution in [0.1, 0.15) is 12.0 Å². The second-order valence-electron chi connectivity index (χ2n) is 4.86. The van der Waals surface area contributed by atoms with Gasteiger partial charge in [0, 0.05) is 13.1 Å². The predicted octanol–water partition coefficient (Wildman–Crippen LogP) is 1.83. The maximum absolute atomic E-state index is 13.4. The lowest BCUT2D eigenvalue weighted by molar-refractivity contribution is -0.147. The molecule has 1 aliphatic rings. The third-order valence-corrected chi connectivity index (χ3v) is 3.88. The van der Waals surface area contributed by atoms with Crippen molar-refractivity contribution >= 4 is 27.8 Å². The van der Waals surface area contributed by atoms with Gasteiger partial charge in [-0.15, -0.1) is 0 Å². The number of carboxylic acids is 1. The summed E-state index contributed by atoms with van der Waals surface area (Å²) in [6, 6.07) is 4.56. The molecule has 0 radical (unpaired) electrons. The fourth-order valence-electron chi connectivity index (χ4n) is 2.20. The van der Waals surface area contributed by atoms with Gasteiger partial charge in [0.05, 0.1) is 30.0 Å². The maximum Gasteiger partial charge on any atom is 0.306 e. The molecular weight excluding hydrogens is 345 g/mol. The van der Waals surface area contributed by atoms with Crippen molar-refractivity contribution in [1.29, 1.82) is 0 Å². The minimum absolute atomic E-state index is 0.0873. The molecule has 21 heavy (non-hydrogen) atoms. The summed E-state index contributed by atoms with van der Waals surface area (Å²) in [5.74, 6) is -1.52. The van der Waals surface area contributed by atoms with Crippen LogP contribution in [0.4, 0.5) is 4.39 Å². The highest BCUT2D eigenvalue weighted by molar-refractivity contribution is 9.10. The molecule has 0 bridgehead atoms. The highest BCUT2D eigenvalue weighted by Crippen LogP contribution is 2.18. The second-order valence-corrected chi connectivity index (χ2v) is 5.71. The highest BCUT2D eigenvalue weighted by atomic mass is 79.9. The van der Waals surface area contributed by atoms with Crippen molar-refractivity contribution < 1.29 is 23.8 Å². The number of rotatable bonds is 4. The van der Waals surface area contributed by atoms with E-state index in [9.17, 15) is 14.0 Å². The Morgan fingerprint density at radius 1 is 1.48 bits per heavy atom. The average Bonchev–Trinajstić information content (AvgIpc) is 2.42. The van der Waals surface area contributed by atoms with E-state index >= 15 is 0 Å². The predicted molar refractivity (Wildman–Crippen MR) is 76.4 cm³/mol. The van der Waals surface area contributed by atoms with Gasteiger partial charge in [-0.2, -0.15) is 0 Å². The summed E-state index contributed by atoms with van der Waals surface area (Å²) >= 11 is 3.06. The number of aliphatic carboxylic acids is 1. The van der Waals surface area contributed by atoms with Crippen LogP contribution in [-0.2, 0) is 20.7 Å². The Bertz CT molecular complexity index is 552. The number of hydrogen-bond donors (Lipinski definition) is 1. The SMILES string of the molecule is O=C(O)CC1CN(C(=O)Cc2ccc(Br)c(F)c2)CCO1. The first-order valence-corrected chi connectivity index (χ1v) is 7.30. The average molecular weight is 360 g/mol. The van der Waals surface area contributed by atoms with Gasteiger partial charge in [0.15, 0.2) is 0 Å². The molecule has 0 saturated carbocycles. The number of amides is 1. The van der Waals surface area contributed by atoms with Crippen LogP contribution >= 0.6 is 15.9 Å². The number of carboxylic acid groups (broad SMARTS) is 1. The van der Waals surface area contributed by atoms with Crippen molar-refractivity contribution in [2.45, 2.75) is 18.9 Å². The van der Waals surface area contributed by atoms with Crippen LogP contribution < -0.4 is 0 Å². The minimum atomic E-state index is -0.954. The third kappa shape index (κ3) is 4.50. The zero-order chi connectivity index (χ0) is 15.4. The summed E-state index contributed by atoms with van der Waals surface area (Å²) < 4.78 is 19.1. The molecule has 1 atom stereocenters. The van der Waals surface area contributed by atoms with Crippen molar-refractivity contribution in [3.05, 3.63) is 34.1 Å². The van der Waals surface area contributed by atoms with Crippen LogP contribution in [0.3, 0.4) is 0 Å². The molecule has 1 N–H and O–H groups in total. The van der Waals surface area contributed by atoms with Crippen molar-refractivity contribution in [1.82, 2.24) is 4.90 Å². The molecule has 1 saturated heterocycles. The first kappa shape index (κ1) is 15.9. The fourth-order valence-corrected chi connectivity index (χ4v) is 2.45. The second kappa shape index (κ2) is 7.00. The van der Waals surface area contributed by atoms with Crippen LogP contribution in [0.2, 0.25) is 0 Å². The van der Waals surface area contributed by atoms with Gasteiger partial charge in [-0.05, 0) is 33.6 Å². The van der Waals surface area contributed by atoms with E-state index < -0.39 is 17.9 Å². The Balaban J connectivity index is 1.96. The van der Waals surface area contributed by atoms with Crippen molar-refractivity contribution in [2.75, 3.05) is 19.7 Å². The van der Waals surface area contributed by atoms with Gasteiger partial charge in [0.1, 0.15) is 5.82 Å². The molecule has 114 valence electrons. The van der Waals surface area contributed by atoms with Crippen molar-refractivity contribution in [3.63, 3.8) is 0 Å². The van der Waals surface area contributed by atoms with Gasteiger partial charge >= 0.3 is 5.97 Å². The summed E-state index contributed by atoms with van der Waals surface area (Å²) in [6.45, 7) is 0.997. The van der Waals surface area contributed by atoms with Crippen molar-refractivity contribution in [2.24, 2.45) is 0 Å². The first-order chi connectivity index (χ1) is 9.95. The fraction of sp³-hybridized carbons (Fsp3) is 0.429. The molecule has 1 amide bonds. The maximum atomic E-state index is 13.4. The number of carbonyl (C=O) groups excluding carboxylic acids is 1. The number of benzene rings is 1. The van der Waals surface area contributed by atoms with E-state index in [2.05, 4.69) is 15.9 Å². The molecule has 2 rings (SSSR count). The lowest BCUT2D eigenvalue weighted by Crippen LogP contribution is -2.46. The summed E-state index contributed by atoms with van der Waals surface area (Å²) in [7, 11) is 0. The van der Waals surface area contributed by atoms with Gasteiger partial charge < -0.3 is 14.7 Å². The molecule has 0 aliphatic carbocycles. The van der Waals surface area contributed by atoms with Crippen LogP contribution in [0.5, 0.6) is 0 Å². The third-order valence-electron chi connectivity index (χ3n) is 3.23. The summed E-state index contributed by atoms with van der Waals surface area (Å²) in [5, 5.41) is 8.75. The number of hydrogen-bond acceptors (Lipinski definition) is 3.